The van der Waals surface area contributed by atoms with E-state index in [1.807, 2.05) is 23.5 Å². The van der Waals surface area contributed by atoms with E-state index in [0.29, 0.717) is 12.5 Å². The lowest BCUT2D eigenvalue weighted by molar-refractivity contribution is -0.282. The van der Waals surface area contributed by atoms with Crippen LogP contribution in [0.2, 0.25) is 0 Å². The van der Waals surface area contributed by atoms with Crippen molar-refractivity contribution in [2.45, 2.75) is 239 Å². The number of rotatable bonds is 40. The van der Waals surface area contributed by atoms with Crippen LogP contribution >= 0.6 is 23.5 Å². The Labute approximate surface area is 359 Å². The van der Waals surface area contributed by atoms with E-state index in [4.69, 9.17) is 23.7 Å². The van der Waals surface area contributed by atoms with Crippen LogP contribution in [0.5, 0.6) is 0 Å². The van der Waals surface area contributed by atoms with E-state index in [1.54, 1.807) is 0 Å². The highest BCUT2D eigenvalue weighted by atomic mass is 32.2. The third-order valence-electron chi connectivity index (χ3n) is 10.8. The van der Waals surface area contributed by atoms with Crippen molar-refractivity contribution in [1.82, 2.24) is 0 Å². The van der Waals surface area contributed by atoms with Crippen LogP contribution in [0.4, 0.5) is 0 Å². The van der Waals surface area contributed by atoms with Crippen LogP contribution in [0.25, 0.3) is 0 Å². The van der Waals surface area contributed by atoms with E-state index < -0.39 is 42.5 Å². The molecule has 57 heavy (non-hydrogen) atoms. The van der Waals surface area contributed by atoms with Gasteiger partial charge in [-0.15, -0.1) is 0 Å². The standard InChI is InChI=1S/C47H88O8S2/c1-6-8-10-12-14-16-18-20-22-24-26-28-30-32-34-56-38-43(39-57-35-33-31-29-27-25-23-21-19-17-15-13-11-9-7-2)36-51-47-46(55-42(5)50)45(54-41(4)49)44(37-52-47)53-40(3)48/h43-47H,6-39H2,1-5H3/t44-,45+,46-,47+/m1/s1. The summed E-state index contributed by atoms with van der Waals surface area (Å²) in [6, 6.07) is 0. The Morgan fingerprint density at radius 3 is 1.18 bits per heavy atom. The molecule has 0 aromatic heterocycles. The van der Waals surface area contributed by atoms with Crippen molar-refractivity contribution in [2.75, 3.05) is 36.2 Å². The first-order valence-corrected chi connectivity index (χ1v) is 26.0. The van der Waals surface area contributed by atoms with E-state index in [2.05, 4.69) is 13.8 Å². The number of hydrogen-bond acceptors (Lipinski definition) is 10. The number of hydrogen-bond donors (Lipinski definition) is 0. The van der Waals surface area contributed by atoms with Crippen LogP contribution in [-0.2, 0) is 38.1 Å². The minimum absolute atomic E-state index is 0.0215. The first-order valence-electron chi connectivity index (χ1n) is 23.7. The molecule has 1 saturated heterocycles. The zero-order chi connectivity index (χ0) is 41.6. The van der Waals surface area contributed by atoms with Gasteiger partial charge in [0.15, 0.2) is 24.6 Å². The molecule has 10 heteroatoms. The van der Waals surface area contributed by atoms with Crippen molar-refractivity contribution >= 4 is 41.4 Å². The molecule has 1 aliphatic heterocycles. The number of esters is 3. The molecule has 0 saturated carbocycles. The third-order valence-corrected chi connectivity index (χ3v) is 13.4. The van der Waals surface area contributed by atoms with E-state index in [0.717, 1.165) is 23.0 Å². The minimum atomic E-state index is -1.04. The molecule has 0 aromatic carbocycles. The molecular formula is C47H88O8S2. The van der Waals surface area contributed by atoms with Gasteiger partial charge in [-0.1, -0.05) is 181 Å². The van der Waals surface area contributed by atoms with Gasteiger partial charge in [0.25, 0.3) is 0 Å². The van der Waals surface area contributed by atoms with Crippen molar-refractivity contribution in [1.29, 1.82) is 0 Å². The summed E-state index contributed by atoms with van der Waals surface area (Å²) in [5, 5.41) is 0. The summed E-state index contributed by atoms with van der Waals surface area (Å²) in [5.41, 5.74) is 0. The van der Waals surface area contributed by atoms with Crippen LogP contribution in [0.15, 0.2) is 0 Å². The molecule has 0 radical (unpaired) electrons. The Balaban J connectivity index is 2.48. The number of thioether (sulfide) groups is 2. The molecule has 1 heterocycles. The zero-order valence-corrected chi connectivity index (χ0v) is 39.1. The number of carbonyl (C=O) groups is 3. The summed E-state index contributed by atoms with van der Waals surface area (Å²) in [7, 11) is 0. The average Bonchev–Trinajstić information content (AvgIpc) is 3.17. The van der Waals surface area contributed by atoms with Gasteiger partial charge in [-0.25, -0.2) is 0 Å². The Bertz CT molecular complexity index is 916. The fourth-order valence-electron chi connectivity index (χ4n) is 7.52. The molecule has 0 aliphatic carbocycles. The molecule has 1 fully saturated rings. The Kier molecular flexibility index (Phi) is 37.2. The Morgan fingerprint density at radius 2 is 0.825 bits per heavy atom. The second-order valence-corrected chi connectivity index (χ2v) is 18.8. The number of ether oxygens (including phenoxy) is 5. The maximum atomic E-state index is 12.1. The molecule has 0 unspecified atom stereocenters. The minimum Gasteiger partial charge on any atom is -0.456 e. The molecule has 0 bridgehead atoms. The van der Waals surface area contributed by atoms with Crippen LogP contribution in [0.1, 0.15) is 214 Å². The van der Waals surface area contributed by atoms with E-state index in [9.17, 15) is 14.4 Å². The average molecular weight is 845 g/mol. The molecule has 1 aliphatic rings. The van der Waals surface area contributed by atoms with E-state index in [-0.39, 0.29) is 6.61 Å². The normalized spacial score (nSPS) is 18.2. The first kappa shape index (κ1) is 54.0. The molecule has 0 N–H and O–H groups in total. The van der Waals surface area contributed by atoms with Crippen molar-refractivity contribution in [2.24, 2.45) is 5.92 Å². The van der Waals surface area contributed by atoms with Gasteiger partial charge in [-0.05, 0) is 35.9 Å². The highest BCUT2D eigenvalue weighted by Gasteiger charge is 2.47. The van der Waals surface area contributed by atoms with E-state index in [1.165, 1.54) is 201 Å². The second-order valence-electron chi connectivity index (χ2n) is 16.5. The molecular weight excluding hydrogens is 757 g/mol. The van der Waals surface area contributed by atoms with E-state index >= 15 is 0 Å². The van der Waals surface area contributed by atoms with Crippen molar-refractivity contribution in [3.8, 4) is 0 Å². The lowest BCUT2D eigenvalue weighted by atomic mass is 10.0. The quantitative estimate of drug-likeness (QED) is 0.0337. The maximum Gasteiger partial charge on any atom is 0.303 e. The monoisotopic (exact) mass is 845 g/mol. The van der Waals surface area contributed by atoms with Crippen molar-refractivity contribution in [3.63, 3.8) is 0 Å². The van der Waals surface area contributed by atoms with Gasteiger partial charge in [0.1, 0.15) is 0 Å². The van der Waals surface area contributed by atoms with Crippen LogP contribution in [0, 0.1) is 5.92 Å². The highest BCUT2D eigenvalue weighted by Crippen LogP contribution is 2.27. The summed E-state index contributed by atoms with van der Waals surface area (Å²) >= 11 is 4.00. The van der Waals surface area contributed by atoms with Crippen LogP contribution < -0.4 is 0 Å². The lowest BCUT2D eigenvalue weighted by Gasteiger charge is -2.40. The highest BCUT2D eigenvalue weighted by molar-refractivity contribution is 8.00. The van der Waals surface area contributed by atoms with Gasteiger partial charge in [-0.3, -0.25) is 14.4 Å². The summed E-state index contributed by atoms with van der Waals surface area (Å²) in [6.45, 7) is 8.83. The fourth-order valence-corrected chi connectivity index (χ4v) is 9.92. The molecule has 0 spiro atoms. The SMILES string of the molecule is CCCCCCCCCCCCCCCCSCC(CO[C@H]1OC[C@@H](OC(C)=O)[C@H](OC(C)=O)[C@H]1OC(C)=O)CSCCCCCCCCCCCCCCCC. The van der Waals surface area contributed by atoms with Crippen molar-refractivity contribution < 1.29 is 38.1 Å². The third kappa shape index (κ3) is 32.5. The summed E-state index contributed by atoms with van der Waals surface area (Å²) in [6.07, 6.45) is 34.4. The second kappa shape index (κ2) is 39.2. The largest absolute Gasteiger partial charge is 0.456 e. The maximum absolute atomic E-state index is 12.1. The summed E-state index contributed by atoms with van der Waals surface area (Å²) in [5.74, 6) is 2.90. The number of carbonyl (C=O) groups excluding carboxylic acids is 3. The predicted octanol–water partition coefficient (Wildman–Crippen LogP) is 13.2. The van der Waals surface area contributed by atoms with Gasteiger partial charge in [-0.2, -0.15) is 23.5 Å². The smallest absolute Gasteiger partial charge is 0.303 e. The van der Waals surface area contributed by atoms with Gasteiger partial charge < -0.3 is 23.7 Å². The lowest BCUT2D eigenvalue weighted by Crippen LogP contribution is -2.58. The van der Waals surface area contributed by atoms with Crippen LogP contribution in [0.3, 0.4) is 0 Å². The van der Waals surface area contributed by atoms with Gasteiger partial charge in [0.05, 0.1) is 13.2 Å². The first-order chi connectivity index (χ1) is 27.8. The predicted molar refractivity (Wildman–Crippen MR) is 241 cm³/mol. The Morgan fingerprint density at radius 1 is 0.491 bits per heavy atom. The summed E-state index contributed by atoms with van der Waals surface area (Å²) in [4.78, 5) is 35.9. The molecule has 0 amide bonds. The summed E-state index contributed by atoms with van der Waals surface area (Å²) < 4.78 is 28.8. The zero-order valence-electron chi connectivity index (χ0n) is 37.5. The van der Waals surface area contributed by atoms with Gasteiger partial charge >= 0.3 is 17.9 Å². The Hall–Kier alpha value is -0.970. The molecule has 8 nitrogen and oxygen atoms in total. The molecule has 336 valence electrons. The molecule has 0 aromatic rings. The van der Waals surface area contributed by atoms with Gasteiger partial charge in [0.2, 0.25) is 0 Å². The number of unbranched alkanes of at least 4 members (excludes halogenated alkanes) is 26. The molecule has 4 atom stereocenters. The van der Waals surface area contributed by atoms with Crippen molar-refractivity contribution in [3.05, 3.63) is 0 Å². The fraction of sp³-hybridized carbons (Fsp3) is 0.936. The van der Waals surface area contributed by atoms with Crippen LogP contribution in [-0.4, -0.2) is 78.7 Å². The van der Waals surface area contributed by atoms with Gasteiger partial charge in [0, 0.05) is 26.7 Å². The molecule has 1 rings (SSSR count). The topological polar surface area (TPSA) is 97.4 Å².